The van der Waals surface area contributed by atoms with E-state index in [4.69, 9.17) is 0 Å². The molecule has 0 radical (unpaired) electrons. The van der Waals surface area contributed by atoms with Crippen molar-refractivity contribution >= 4 is 11.9 Å². The number of hydrogen-bond acceptors (Lipinski definition) is 4. The number of carbonyl (C=O) groups is 2. The molecule has 0 saturated heterocycles. The van der Waals surface area contributed by atoms with Crippen LogP contribution in [0.5, 0.6) is 0 Å². The molecule has 0 aliphatic heterocycles. The minimum atomic E-state index is -1.80. The van der Waals surface area contributed by atoms with Crippen molar-refractivity contribution in [1.29, 1.82) is 0 Å². The topological polar surface area (TPSA) is 80.3 Å². The average molecular weight is 370 g/mol. The second kappa shape index (κ2) is 20.3. The van der Waals surface area contributed by atoms with E-state index in [1.807, 2.05) is 6.92 Å². The summed E-state index contributed by atoms with van der Waals surface area (Å²) >= 11 is 0. The molecule has 0 bridgehead atoms. The second-order valence-corrected chi connectivity index (χ2v) is 7.05. The number of rotatable bonds is 17. The van der Waals surface area contributed by atoms with Crippen molar-refractivity contribution in [2.24, 2.45) is 5.41 Å². The molecule has 0 heterocycles. The first kappa shape index (κ1) is 31.2. The normalized spacial score (nSPS) is 10.7. The Hall–Kier alpha value is 0.537. The monoisotopic (exact) mass is 370 g/mol. The Morgan fingerprint density at radius 3 is 1.23 bits per heavy atom. The molecular weight excluding hydrogens is 334 g/mol. The van der Waals surface area contributed by atoms with Gasteiger partial charge in [-0.3, -0.25) is 0 Å². The van der Waals surface area contributed by atoms with Gasteiger partial charge in [-0.1, -0.05) is 97.3 Å². The van der Waals surface area contributed by atoms with Gasteiger partial charge in [0.05, 0.1) is 11.9 Å². The van der Waals surface area contributed by atoms with Gasteiger partial charge in [-0.2, -0.15) is 0 Å². The molecule has 0 unspecified atom stereocenters. The van der Waals surface area contributed by atoms with Crippen LogP contribution in [0.2, 0.25) is 0 Å². The Balaban J connectivity index is -0.00000264. The van der Waals surface area contributed by atoms with Gasteiger partial charge in [0.25, 0.3) is 0 Å². The molecule has 0 aromatic heterocycles. The Bertz CT molecular complexity index is 337. The zero-order valence-corrected chi connectivity index (χ0v) is 19.7. The van der Waals surface area contributed by atoms with Gasteiger partial charge < -0.3 is 19.8 Å². The standard InChI is InChI=1S/C20H38O4.Li.Na/c1-3-5-7-8-9-10-11-12-13-15-17-20(18(21)22,19(23)24)16-14-6-4-2;;/h3-17H2,1-2H3,(H,21,22)(H,23,24);;/q;2*+1/p-2. The smallest absolute Gasteiger partial charge is 0.549 e. The van der Waals surface area contributed by atoms with Crippen LogP contribution in [0, 0.1) is 5.41 Å². The van der Waals surface area contributed by atoms with Crippen LogP contribution >= 0.6 is 0 Å². The fraction of sp³-hybridized carbons (Fsp3) is 0.900. The third-order valence-electron chi connectivity index (χ3n) is 4.95. The summed E-state index contributed by atoms with van der Waals surface area (Å²) in [5.74, 6) is -2.95. The largest absolute Gasteiger partial charge is 1.00 e. The van der Waals surface area contributed by atoms with Crippen LogP contribution in [0.25, 0.3) is 0 Å². The summed E-state index contributed by atoms with van der Waals surface area (Å²) in [6.07, 6.45) is 14.0. The SMILES string of the molecule is CCCCCCCCCCCCC(CCCCC)(C(=O)[O-])C(=O)[O-].[Li+].[Na+]. The van der Waals surface area contributed by atoms with Crippen molar-refractivity contribution in [3.8, 4) is 0 Å². The van der Waals surface area contributed by atoms with E-state index in [9.17, 15) is 19.8 Å². The third-order valence-corrected chi connectivity index (χ3v) is 4.95. The summed E-state index contributed by atoms with van der Waals surface area (Å²) in [7, 11) is 0. The molecule has 4 nitrogen and oxygen atoms in total. The van der Waals surface area contributed by atoms with Crippen molar-refractivity contribution in [3.05, 3.63) is 0 Å². The fourth-order valence-electron chi connectivity index (χ4n) is 3.21. The van der Waals surface area contributed by atoms with E-state index in [1.165, 1.54) is 38.5 Å². The minimum absolute atomic E-state index is 0. The molecule has 0 amide bonds. The van der Waals surface area contributed by atoms with Gasteiger partial charge in [-0.25, -0.2) is 0 Å². The van der Waals surface area contributed by atoms with Crippen molar-refractivity contribution in [3.63, 3.8) is 0 Å². The summed E-state index contributed by atoms with van der Waals surface area (Å²) in [6, 6.07) is 0. The number of hydrogen-bond donors (Lipinski definition) is 0. The zero-order chi connectivity index (χ0) is 18.3. The molecule has 0 fully saturated rings. The molecule has 6 heteroatoms. The predicted molar refractivity (Wildman–Crippen MR) is 93.1 cm³/mol. The van der Waals surface area contributed by atoms with E-state index >= 15 is 0 Å². The molecule has 26 heavy (non-hydrogen) atoms. The molecule has 0 saturated carbocycles. The van der Waals surface area contributed by atoms with Crippen LogP contribution in [-0.2, 0) is 9.59 Å². The van der Waals surface area contributed by atoms with Crippen LogP contribution in [0.4, 0.5) is 0 Å². The molecule has 0 aliphatic rings. The van der Waals surface area contributed by atoms with Gasteiger partial charge in [-0.05, 0) is 12.8 Å². The van der Waals surface area contributed by atoms with E-state index in [0.717, 1.165) is 32.1 Å². The summed E-state index contributed by atoms with van der Waals surface area (Å²) in [4.78, 5) is 22.8. The van der Waals surface area contributed by atoms with Gasteiger partial charge in [-0.15, -0.1) is 0 Å². The summed E-state index contributed by atoms with van der Waals surface area (Å²) in [5, 5.41) is 22.8. The van der Waals surface area contributed by atoms with E-state index in [1.54, 1.807) is 0 Å². The van der Waals surface area contributed by atoms with Crippen LogP contribution in [0.3, 0.4) is 0 Å². The number of carbonyl (C=O) groups excluding carboxylic acids is 2. The van der Waals surface area contributed by atoms with Gasteiger partial charge >= 0.3 is 48.4 Å². The second-order valence-electron chi connectivity index (χ2n) is 7.05. The number of aliphatic carboxylic acids is 2. The van der Waals surface area contributed by atoms with Gasteiger partial charge in [0.2, 0.25) is 0 Å². The maximum atomic E-state index is 11.4. The van der Waals surface area contributed by atoms with Crippen molar-refractivity contribution in [2.45, 2.75) is 110 Å². The minimum Gasteiger partial charge on any atom is -0.549 e. The molecule has 0 aromatic carbocycles. The maximum Gasteiger partial charge on any atom is 1.00 e. The average Bonchev–Trinajstić information content (AvgIpc) is 2.54. The van der Waals surface area contributed by atoms with E-state index in [0.29, 0.717) is 12.8 Å². The van der Waals surface area contributed by atoms with Crippen LogP contribution < -0.4 is 58.6 Å². The van der Waals surface area contributed by atoms with E-state index in [2.05, 4.69) is 6.92 Å². The Labute approximate surface area is 194 Å². The molecule has 0 aromatic rings. The zero-order valence-electron chi connectivity index (χ0n) is 17.7. The first-order valence-corrected chi connectivity index (χ1v) is 9.94. The van der Waals surface area contributed by atoms with Crippen molar-refractivity contribution < 1.29 is 68.2 Å². The van der Waals surface area contributed by atoms with Crippen LogP contribution in [0.1, 0.15) is 110 Å². The maximum absolute atomic E-state index is 11.4. The fourth-order valence-corrected chi connectivity index (χ4v) is 3.21. The molecule has 142 valence electrons. The molecule has 0 aliphatic carbocycles. The van der Waals surface area contributed by atoms with Crippen molar-refractivity contribution in [2.75, 3.05) is 0 Å². The Morgan fingerprint density at radius 2 is 0.885 bits per heavy atom. The molecule has 0 atom stereocenters. The Morgan fingerprint density at radius 1 is 0.615 bits per heavy atom. The number of carboxylic acids is 2. The van der Waals surface area contributed by atoms with Crippen LogP contribution in [-0.4, -0.2) is 11.9 Å². The first-order valence-electron chi connectivity index (χ1n) is 9.94. The summed E-state index contributed by atoms with van der Waals surface area (Å²) in [6.45, 7) is 4.21. The van der Waals surface area contributed by atoms with Gasteiger partial charge in [0.15, 0.2) is 0 Å². The molecular formula is C20H36LiNaO4. The van der Waals surface area contributed by atoms with Crippen molar-refractivity contribution in [1.82, 2.24) is 0 Å². The molecule has 0 rings (SSSR count). The Kier molecular flexibility index (Phi) is 24.4. The summed E-state index contributed by atoms with van der Waals surface area (Å²) in [5.41, 5.74) is -1.80. The number of carboxylic acid groups (broad SMARTS) is 2. The first-order chi connectivity index (χ1) is 11.5. The summed E-state index contributed by atoms with van der Waals surface area (Å²) < 4.78 is 0. The van der Waals surface area contributed by atoms with E-state index in [-0.39, 0.29) is 61.3 Å². The van der Waals surface area contributed by atoms with Crippen LogP contribution in [0.15, 0.2) is 0 Å². The quantitative estimate of drug-likeness (QED) is 0.159. The number of unbranched alkanes of at least 4 members (excludes halogenated alkanes) is 11. The molecule has 0 N–H and O–H groups in total. The third kappa shape index (κ3) is 13.7. The van der Waals surface area contributed by atoms with Gasteiger partial charge in [0.1, 0.15) is 0 Å². The predicted octanol–water partition coefficient (Wildman–Crippen LogP) is -2.63. The molecule has 0 spiro atoms. The van der Waals surface area contributed by atoms with E-state index < -0.39 is 17.4 Å². The van der Waals surface area contributed by atoms with Gasteiger partial charge in [0, 0.05) is 5.41 Å².